The Morgan fingerprint density at radius 3 is 2.45 bits per heavy atom. The highest BCUT2D eigenvalue weighted by molar-refractivity contribution is 7.99. The van der Waals surface area contributed by atoms with Crippen molar-refractivity contribution in [2.75, 3.05) is 41.6 Å². The van der Waals surface area contributed by atoms with E-state index in [1.165, 1.54) is 0 Å². The fourth-order valence-corrected chi connectivity index (χ4v) is 5.94. The van der Waals surface area contributed by atoms with Crippen LogP contribution in [0.5, 0.6) is 0 Å². The van der Waals surface area contributed by atoms with Gasteiger partial charge in [-0.25, -0.2) is 0 Å². The topological polar surface area (TPSA) is 70.4 Å². The van der Waals surface area contributed by atoms with Gasteiger partial charge in [0.15, 0.2) is 0 Å². The summed E-state index contributed by atoms with van der Waals surface area (Å²) in [6.45, 7) is 1.89. The zero-order chi connectivity index (χ0) is 22.8. The molecule has 1 amide bonds. The number of halogens is 3. The van der Waals surface area contributed by atoms with Gasteiger partial charge in [-0.1, -0.05) is 0 Å². The first-order chi connectivity index (χ1) is 14.6. The Morgan fingerprint density at radius 2 is 1.90 bits per heavy atom. The fraction of sp³-hybridized carbons (Fsp3) is 0.682. The second-order valence-electron chi connectivity index (χ2n) is 8.75. The Kier molecular flexibility index (Phi) is 7.55. The van der Waals surface area contributed by atoms with Crippen molar-refractivity contribution in [3.05, 3.63) is 17.7 Å². The van der Waals surface area contributed by atoms with E-state index in [1.54, 1.807) is 13.1 Å². The Labute approximate surface area is 186 Å². The molecular formula is C22H33F3N4OS. The van der Waals surface area contributed by atoms with Crippen LogP contribution in [0.25, 0.3) is 0 Å². The quantitative estimate of drug-likeness (QED) is 0.537. The molecule has 3 rings (SSSR count). The minimum absolute atomic E-state index is 0.0453. The average Bonchev–Trinajstić information content (AvgIpc) is 3.27. The van der Waals surface area contributed by atoms with Crippen LogP contribution in [0.1, 0.15) is 49.4 Å². The van der Waals surface area contributed by atoms with Crippen molar-refractivity contribution < 1.29 is 18.0 Å². The third-order valence-electron chi connectivity index (χ3n) is 6.82. The molecule has 5 nitrogen and oxygen atoms in total. The van der Waals surface area contributed by atoms with Crippen LogP contribution in [-0.2, 0) is 0 Å². The van der Waals surface area contributed by atoms with Gasteiger partial charge in [0.25, 0.3) is 5.91 Å². The molecule has 0 aromatic heterocycles. The van der Waals surface area contributed by atoms with Crippen molar-refractivity contribution in [3.63, 3.8) is 0 Å². The van der Waals surface area contributed by atoms with E-state index in [-0.39, 0.29) is 30.7 Å². The summed E-state index contributed by atoms with van der Waals surface area (Å²) in [7, 11) is 3.79. The number of anilines is 3. The molecule has 31 heavy (non-hydrogen) atoms. The number of carbonyl (C=O) groups excluding carboxylic acids is 1. The van der Waals surface area contributed by atoms with Gasteiger partial charge in [-0.2, -0.15) is 24.9 Å². The van der Waals surface area contributed by atoms with Crippen LogP contribution in [0, 0.1) is 11.8 Å². The van der Waals surface area contributed by atoms with Gasteiger partial charge >= 0.3 is 6.18 Å². The molecule has 1 aromatic carbocycles. The lowest BCUT2D eigenvalue weighted by molar-refractivity contribution is -0.184. The lowest BCUT2D eigenvalue weighted by atomic mass is 9.78. The summed E-state index contributed by atoms with van der Waals surface area (Å²) in [5, 5.41) is 6.12. The number of nitrogens with one attached hydrogen (secondary N) is 2. The monoisotopic (exact) mass is 458 g/mol. The van der Waals surface area contributed by atoms with E-state index in [4.69, 9.17) is 5.73 Å². The molecule has 1 heterocycles. The van der Waals surface area contributed by atoms with Gasteiger partial charge in [-0.05, 0) is 62.8 Å². The van der Waals surface area contributed by atoms with E-state index in [0.29, 0.717) is 30.1 Å². The zero-order valence-corrected chi connectivity index (χ0v) is 19.2. The van der Waals surface area contributed by atoms with E-state index < -0.39 is 12.1 Å². The molecule has 2 fully saturated rings. The number of rotatable bonds is 6. The number of nitrogen functional groups attached to an aromatic ring is 1. The molecule has 9 heteroatoms. The number of alkyl halides is 3. The van der Waals surface area contributed by atoms with Crippen molar-refractivity contribution >= 4 is 34.7 Å². The number of amides is 1. The highest BCUT2D eigenvalue weighted by Crippen LogP contribution is 2.40. The number of thioether (sulfide) groups is 1. The first-order valence-corrected chi connectivity index (χ1v) is 12.1. The maximum atomic E-state index is 13.2. The molecule has 174 valence electrons. The summed E-state index contributed by atoms with van der Waals surface area (Å²) < 4.78 is 38.9. The number of carbonyl (C=O) groups is 1. The Bertz CT molecular complexity index is 775. The lowest BCUT2D eigenvalue weighted by Gasteiger charge is -2.34. The van der Waals surface area contributed by atoms with Gasteiger partial charge in [0.1, 0.15) is 0 Å². The minimum atomic E-state index is -4.12. The van der Waals surface area contributed by atoms with Crippen LogP contribution in [0.4, 0.5) is 30.2 Å². The highest BCUT2D eigenvalue weighted by atomic mass is 32.2. The molecular weight excluding hydrogens is 425 g/mol. The molecule has 4 N–H and O–H groups in total. The van der Waals surface area contributed by atoms with Crippen LogP contribution < -0.4 is 21.3 Å². The van der Waals surface area contributed by atoms with Crippen molar-refractivity contribution in [1.29, 1.82) is 0 Å². The number of hydrogen-bond acceptors (Lipinski definition) is 5. The van der Waals surface area contributed by atoms with E-state index in [2.05, 4.69) is 15.5 Å². The molecule has 1 saturated heterocycles. The van der Waals surface area contributed by atoms with Crippen molar-refractivity contribution in [1.82, 2.24) is 5.32 Å². The first kappa shape index (κ1) is 23.9. The van der Waals surface area contributed by atoms with E-state index in [9.17, 15) is 18.0 Å². The number of nitrogens with zero attached hydrogens (tertiary/aromatic N) is 1. The van der Waals surface area contributed by atoms with Gasteiger partial charge in [-0.3, -0.25) is 4.79 Å². The van der Waals surface area contributed by atoms with Gasteiger partial charge < -0.3 is 21.3 Å². The molecule has 1 aliphatic heterocycles. The number of hydrogen-bond donors (Lipinski definition) is 3. The summed E-state index contributed by atoms with van der Waals surface area (Å²) >= 11 is 1.90. The third kappa shape index (κ3) is 5.54. The van der Waals surface area contributed by atoms with Gasteiger partial charge in [-0.15, -0.1) is 0 Å². The molecule has 0 spiro atoms. The minimum Gasteiger partial charge on any atom is -0.397 e. The van der Waals surface area contributed by atoms with E-state index in [0.717, 1.165) is 29.3 Å². The second-order valence-corrected chi connectivity index (χ2v) is 9.90. The lowest BCUT2D eigenvalue weighted by Crippen LogP contribution is -2.41. The standard InChI is InChI=1S/C22H33F3N4OS/c1-13(14-4-6-15(7-5-14)22(23,24)25)28-21(30)17-10-18(26)19(27-2)11-20(17)29(3)16-8-9-31-12-16/h10-11,13-16,27H,4-9,12,26H2,1-3H3,(H,28,30)/t13-,14?,15?,16?/m1/s1. The van der Waals surface area contributed by atoms with Gasteiger partial charge in [0.05, 0.1) is 28.5 Å². The molecule has 2 atom stereocenters. The SMILES string of the molecule is CNc1cc(N(C)C2CCSC2)c(C(=O)N[C@H](C)C2CCC(C(F)(F)F)CC2)cc1N. The third-order valence-corrected chi connectivity index (χ3v) is 7.96. The summed E-state index contributed by atoms with van der Waals surface area (Å²) in [4.78, 5) is 15.4. The molecule has 1 aliphatic carbocycles. The molecule has 1 unspecified atom stereocenters. The van der Waals surface area contributed by atoms with Crippen molar-refractivity contribution in [2.24, 2.45) is 11.8 Å². The Balaban J connectivity index is 1.74. The zero-order valence-electron chi connectivity index (χ0n) is 18.4. The van der Waals surface area contributed by atoms with Gasteiger partial charge in [0.2, 0.25) is 0 Å². The molecule has 2 aliphatic rings. The van der Waals surface area contributed by atoms with Crippen LogP contribution in [-0.4, -0.2) is 49.8 Å². The number of nitrogens with two attached hydrogens (primary N) is 1. The number of benzene rings is 1. The molecule has 0 bridgehead atoms. The largest absolute Gasteiger partial charge is 0.397 e. The predicted octanol–water partition coefficient (Wildman–Crippen LogP) is 4.74. The summed E-state index contributed by atoms with van der Waals surface area (Å²) in [5.74, 6) is 0.707. The fourth-order valence-electron chi connectivity index (χ4n) is 4.67. The normalized spacial score (nSPS) is 25.2. The Hall–Kier alpha value is -1.77. The summed E-state index contributed by atoms with van der Waals surface area (Å²) in [5.41, 5.74) is 8.73. The summed E-state index contributed by atoms with van der Waals surface area (Å²) in [6.07, 6.45) is -1.86. The van der Waals surface area contributed by atoms with E-state index >= 15 is 0 Å². The Morgan fingerprint density at radius 1 is 1.23 bits per heavy atom. The maximum absolute atomic E-state index is 13.2. The molecule has 1 aromatic rings. The van der Waals surface area contributed by atoms with Crippen molar-refractivity contribution in [3.8, 4) is 0 Å². The molecule has 1 saturated carbocycles. The highest BCUT2D eigenvalue weighted by Gasteiger charge is 2.42. The van der Waals surface area contributed by atoms with Gasteiger partial charge in [0, 0.05) is 31.9 Å². The summed E-state index contributed by atoms with van der Waals surface area (Å²) in [6, 6.07) is 3.75. The first-order valence-electron chi connectivity index (χ1n) is 10.9. The smallest absolute Gasteiger partial charge is 0.391 e. The maximum Gasteiger partial charge on any atom is 0.391 e. The van der Waals surface area contributed by atoms with Crippen LogP contribution in [0.2, 0.25) is 0 Å². The molecule has 0 radical (unpaired) electrons. The second kappa shape index (κ2) is 9.79. The van der Waals surface area contributed by atoms with E-state index in [1.807, 2.05) is 31.8 Å². The van der Waals surface area contributed by atoms with Crippen LogP contribution >= 0.6 is 11.8 Å². The van der Waals surface area contributed by atoms with Crippen LogP contribution in [0.15, 0.2) is 12.1 Å². The predicted molar refractivity (Wildman–Crippen MR) is 123 cm³/mol. The average molecular weight is 459 g/mol. The van der Waals surface area contributed by atoms with Crippen LogP contribution in [0.3, 0.4) is 0 Å². The van der Waals surface area contributed by atoms with Crippen molar-refractivity contribution in [2.45, 2.75) is 57.3 Å².